The summed E-state index contributed by atoms with van der Waals surface area (Å²) in [6, 6.07) is 6.94. The summed E-state index contributed by atoms with van der Waals surface area (Å²) >= 11 is 0. The van der Waals surface area contributed by atoms with Gasteiger partial charge in [0.25, 0.3) is 0 Å². The van der Waals surface area contributed by atoms with Crippen molar-refractivity contribution in [3.63, 3.8) is 0 Å². The molecule has 0 bridgehead atoms. The average molecular weight is 295 g/mol. The summed E-state index contributed by atoms with van der Waals surface area (Å²) in [5, 5.41) is 18.6. The number of fused-ring (bicyclic) bond motifs is 1. The Morgan fingerprint density at radius 2 is 2.20 bits per heavy atom. The summed E-state index contributed by atoms with van der Waals surface area (Å²) in [6.07, 6.45) is 2.86. The molecule has 5 nitrogen and oxygen atoms in total. The van der Waals surface area contributed by atoms with E-state index >= 15 is 0 Å². The topological polar surface area (TPSA) is 75.3 Å². The van der Waals surface area contributed by atoms with Crippen molar-refractivity contribution in [2.75, 3.05) is 0 Å². The molecule has 2 N–H and O–H groups in total. The highest BCUT2D eigenvalue weighted by Crippen LogP contribution is 2.28. The highest BCUT2D eigenvalue weighted by Gasteiger charge is 2.26. The van der Waals surface area contributed by atoms with Gasteiger partial charge in [-0.3, -0.25) is 4.79 Å². The van der Waals surface area contributed by atoms with Gasteiger partial charge in [-0.05, 0) is 18.6 Å². The Bertz CT molecular complexity index is 639. The lowest BCUT2D eigenvalue weighted by Crippen LogP contribution is -2.25. The van der Waals surface area contributed by atoms with Crippen LogP contribution in [0.1, 0.15) is 12.1 Å². The quantitative estimate of drug-likeness (QED) is 0.891. The lowest BCUT2D eigenvalue weighted by Gasteiger charge is -2.22. The molecular formula is C14H15ClN2O3. The number of halogens is 1. The highest BCUT2D eigenvalue weighted by atomic mass is 35.5. The van der Waals surface area contributed by atoms with E-state index in [1.807, 2.05) is 10.6 Å². The maximum absolute atomic E-state index is 11.0. The third-order valence-corrected chi connectivity index (χ3v) is 3.55. The van der Waals surface area contributed by atoms with E-state index in [0.29, 0.717) is 19.4 Å². The van der Waals surface area contributed by atoms with Crippen LogP contribution >= 0.6 is 12.4 Å². The molecule has 2 heterocycles. The van der Waals surface area contributed by atoms with E-state index in [2.05, 4.69) is 4.98 Å². The Balaban J connectivity index is 0.00000147. The van der Waals surface area contributed by atoms with E-state index in [0.717, 1.165) is 17.1 Å². The normalized spacial score (nSPS) is 17.1. The maximum Gasteiger partial charge on any atom is 0.306 e. The lowest BCUT2D eigenvalue weighted by atomic mass is 9.96. The Labute approximate surface area is 122 Å². The molecule has 0 spiro atoms. The van der Waals surface area contributed by atoms with Crippen LogP contribution < -0.4 is 0 Å². The summed E-state index contributed by atoms with van der Waals surface area (Å²) in [7, 11) is 0. The monoisotopic (exact) mass is 294 g/mol. The Morgan fingerprint density at radius 3 is 2.90 bits per heavy atom. The molecule has 1 aliphatic heterocycles. The SMILES string of the molecule is Cl.O=C(O)C1CCn2c(cnc2-c2cccc(O)c2)C1. The van der Waals surface area contributed by atoms with Gasteiger partial charge < -0.3 is 14.8 Å². The lowest BCUT2D eigenvalue weighted by molar-refractivity contribution is -0.142. The van der Waals surface area contributed by atoms with Crippen molar-refractivity contribution in [1.82, 2.24) is 9.55 Å². The molecule has 1 unspecified atom stereocenters. The number of nitrogens with zero attached hydrogens (tertiary/aromatic N) is 2. The molecule has 2 aromatic rings. The van der Waals surface area contributed by atoms with Crippen LogP contribution in [0.5, 0.6) is 5.75 Å². The number of imidazole rings is 1. The number of benzene rings is 1. The number of phenols is 1. The van der Waals surface area contributed by atoms with Gasteiger partial charge in [-0.15, -0.1) is 12.4 Å². The van der Waals surface area contributed by atoms with Crippen LogP contribution in [0.4, 0.5) is 0 Å². The zero-order valence-electron chi connectivity index (χ0n) is 10.7. The molecular weight excluding hydrogens is 280 g/mol. The molecule has 3 rings (SSSR count). The minimum absolute atomic E-state index is 0. The summed E-state index contributed by atoms with van der Waals surface area (Å²) < 4.78 is 2.04. The largest absolute Gasteiger partial charge is 0.508 e. The van der Waals surface area contributed by atoms with Gasteiger partial charge in [-0.1, -0.05) is 12.1 Å². The first kappa shape index (κ1) is 14.4. The van der Waals surface area contributed by atoms with Crippen LogP contribution in [0, 0.1) is 5.92 Å². The Kier molecular flexibility index (Phi) is 3.99. The minimum Gasteiger partial charge on any atom is -0.508 e. The third-order valence-electron chi connectivity index (χ3n) is 3.55. The van der Waals surface area contributed by atoms with Gasteiger partial charge >= 0.3 is 5.97 Å². The number of carbonyl (C=O) groups is 1. The van der Waals surface area contributed by atoms with Crippen molar-refractivity contribution < 1.29 is 15.0 Å². The van der Waals surface area contributed by atoms with E-state index in [9.17, 15) is 9.90 Å². The summed E-state index contributed by atoms with van der Waals surface area (Å²) in [5.74, 6) is -0.0728. The maximum atomic E-state index is 11.0. The van der Waals surface area contributed by atoms with Gasteiger partial charge in [0.15, 0.2) is 0 Å². The van der Waals surface area contributed by atoms with E-state index < -0.39 is 5.97 Å². The standard InChI is InChI=1S/C14H14N2O3.ClH/c17-12-3-1-2-9(7-12)13-15-8-11-6-10(14(18)19)4-5-16(11)13;/h1-3,7-8,10,17H,4-6H2,(H,18,19);1H. The van der Waals surface area contributed by atoms with Crippen molar-refractivity contribution in [2.45, 2.75) is 19.4 Å². The van der Waals surface area contributed by atoms with Crippen LogP contribution in [-0.2, 0) is 17.8 Å². The third kappa shape index (κ3) is 2.49. The first-order valence-electron chi connectivity index (χ1n) is 6.22. The number of carboxylic acid groups (broad SMARTS) is 1. The molecule has 0 aliphatic carbocycles. The summed E-state index contributed by atoms with van der Waals surface area (Å²) in [4.78, 5) is 15.4. The summed E-state index contributed by atoms with van der Waals surface area (Å²) in [5.41, 5.74) is 1.79. The number of carboxylic acids is 1. The van der Waals surface area contributed by atoms with Crippen LogP contribution in [0.15, 0.2) is 30.5 Å². The van der Waals surface area contributed by atoms with Crippen LogP contribution in [0.3, 0.4) is 0 Å². The van der Waals surface area contributed by atoms with Crippen molar-refractivity contribution >= 4 is 18.4 Å². The van der Waals surface area contributed by atoms with E-state index in [1.54, 1.807) is 24.4 Å². The van der Waals surface area contributed by atoms with Crippen molar-refractivity contribution in [3.8, 4) is 17.1 Å². The molecule has 6 heteroatoms. The minimum atomic E-state index is -0.744. The zero-order valence-corrected chi connectivity index (χ0v) is 11.5. The first-order chi connectivity index (χ1) is 9.15. The second-order valence-electron chi connectivity index (χ2n) is 4.80. The Hall–Kier alpha value is -2.01. The zero-order chi connectivity index (χ0) is 13.4. The number of rotatable bonds is 2. The predicted octanol–water partition coefficient (Wildman–Crippen LogP) is 2.32. The first-order valence-corrected chi connectivity index (χ1v) is 6.22. The fourth-order valence-corrected chi connectivity index (χ4v) is 2.55. The van der Waals surface area contributed by atoms with Crippen molar-refractivity contribution in [1.29, 1.82) is 0 Å². The molecule has 0 amide bonds. The van der Waals surface area contributed by atoms with Gasteiger partial charge in [0.1, 0.15) is 11.6 Å². The van der Waals surface area contributed by atoms with Gasteiger partial charge in [0.2, 0.25) is 0 Å². The van der Waals surface area contributed by atoms with Crippen LogP contribution in [0.25, 0.3) is 11.4 Å². The molecule has 1 aromatic heterocycles. The number of hydrogen-bond donors (Lipinski definition) is 2. The number of aliphatic carboxylic acids is 1. The molecule has 0 saturated heterocycles. The molecule has 20 heavy (non-hydrogen) atoms. The number of aromatic nitrogens is 2. The molecule has 0 radical (unpaired) electrons. The van der Waals surface area contributed by atoms with Crippen molar-refractivity contribution in [2.24, 2.45) is 5.92 Å². The second-order valence-corrected chi connectivity index (χ2v) is 4.80. The van der Waals surface area contributed by atoms with E-state index in [1.165, 1.54) is 0 Å². The molecule has 1 aromatic carbocycles. The van der Waals surface area contributed by atoms with Gasteiger partial charge in [0, 0.05) is 30.4 Å². The second kappa shape index (κ2) is 5.54. The van der Waals surface area contributed by atoms with Gasteiger partial charge in [-0.25, -0.2) is 4.98 Å². The molecule has 0 fully saturated rings. The smallest absolute Gasteiger partial charge is 0.306 e. The molecule has 0 saturated carbocycles. The van der Waals surface area contributed by atoms with Gasteiger partial charge in [0.05, 0.1) is 5.92 Å². The predicted molar refractivity (Wildman–Crippen MR) is 76.0 cm³/mol. The Morgan fingerprint density at radius 1 is 1.40 bits per heavy atom. The van der Waals surface area contributed by atoms with E-state index in [-0.39, 0.29) is 24.1 Å². The number of phenolic OH excluding ortho intramolecular Hbond substituents is 1. The number of hydrogen-bond acceptors (Lipinski definition) is 3. The van der Waals surface area contributed by atoms with Gasteiger partial charge in [-0.2, -0.15) is 0 Å². The van der Waals surface area contributed by atoms with Crippen LogP contribution in [-0.4, -0.2) is 25.7 Å². The summed E-state index contributed by atoms with van der Waals surface area (Å²) in [6.45, 7) is 0.650. The molecule has 106 valence electrons. The van der Waals surface area contributed by atoms with E-state index in [4.69, 9.17) is 5.11 Å². The highest BCUT2D eigenvalue weighted by molar-refractivity contribution is 5.85. The fraction of sp³-hybridized carbons (Fsp3) is 0.286. The number of aromatic hydroxyl groups is 1. The van der Waals surface area contributed by atoms with Crippen LogP contribution in [0.2, 0.25) is 0 Å². The molecule has 1 atom stereocenters. The fourth-order valence-electron chi connectivity index (χ4n) is 2.55. The average Bonchev–Trinajstić information content (AvgIpc) is 2.81. The molecule has 1 aliphatic rings. The van der Waals surface area contributed by atoms with Crippen molar-refractivity contribution in [3.05, 3.63) is 36.2 Å².